The van der Waals surface area contributed by atoms with Crippen molar-refractivity contribution in [3.8, 4) is 0 Å². The lowest BCUT2D eigenvalue weighted by Gasteiger charge is -2.27. The SMILES string of the molecule is C[C@H](N)C(=O)N[C@@H](CCCN=C(N)N)C(=O)N[C@H](C(=O)N[C@@H](CCCCN[C@@H]1C[C@H]1c1ccccc1)C(=O)N[C@@H](CCC(N)=O)C(=O)O)[C@@H](C)O. The quantitative estimate of drug-likeness (QED) is 0.0297. The van der Waals surface area contributed by atoms with Crippen LogP contribution in [0, 0.1) is 0 Å². The minimum absolute atomic E-state index is 0.0587. The molecule has 1 aliphatic rings. The Morgan fingerprint density at radius 2 is 1.39 bits per heavy atom. The van der Waals surface area contributed by atoms with E-state index in [1.54, 1.807) is 0 Å². The topological polar surface area (TPSA) is 319 Å². The third kappa shape index (κ3) is 15.7. The molecule has 8 atom stereocenters. The molecule has 1 aliphatic carbocycles. The summed E-state index contributed by atoms with van der Waals surface area (Å²) in [5.74, 6) is -5.09. The predicted molar refractivity (Wildman–Crippen MR) is 188 cm³/mol. The van der Waals surface area contributed by atoms with Crippen molar-refractivity contribution in [1.29, 1.82) is 0 Å². The number of aliphatic carboxylic acids is 1. The molecule has 18 nitrogen and oxygen atoms in total. The van der Waals surface area contributed by atoms with Gasteiger partial charge in [0.25, 0.3) is 0 Å². The standard InChI is InChI=1S/C33H54N10O8/c1-18(34)28(46)40-23(12-8-16-39-33(36)37)30(48)43-27(19(2)44)31(49)41-22(29(47)42-24(32(50)51)13-14-26(35)45)11-6-7-15-38-25-17-21(25)20-9-4-3-5-10-20/h3-5,9-10,18-19,21-25,27,38,44H,6-8,11-17,34H2,1-2H3,(H2,35,45)(H,40,46)(H,41,49)(H,42,47)(H,43,48)(H,50,51)(H4,36,37,39)/t18-,19+,21-,22-,23-,24-,25+,27-/m0/s1. The van der Waals surface area contributed by atoms with Crippen molar-refractivity contribution in [2.45, 2.75) is 113 Å². The molecule has 5 amide bonds. The molecule has 1 saturated carbocycles. The molecule has 15 N–H and O–H groups in total. The summed E-state index contributed by atoms with van der Waals surface area (Å²) in [4.78, 5) is 79.4. The number of carbonyl (C=O) groups is 6. The van der Waals surface area contributed by atoms with Crippen molar-refractivity contribution < 1.29 is 39.0 Å². The van der Waals surface area contributed by atoms with Crippen LogP contribution in [0.3, 0.4) is 0 Å². The van der Waals surface area contributed by atoms with Gasteiger partial charge < -0.3 is 59.7 Å². The van der Waals surface area contributed by atoms with Crippen LogP contribution >= 0.6 is 0 Å². The lowest BCUT2D eigenvalue weighted by atomic mass is 10.0. The van der Waals surface area contributed by atoms with Crippen molar-refractivity contribution >= 4 is 41.5 Å². The van der Waals surface area contributed by atoms with E-state index in [1.807, 2.05) is 18.2 Å². The number of aliphatic imine (C=N–C) groups is 1. The third-order valence-electron chi connectivity index (χ3n) is 8.33. The molecule has 1 aromatic rings. The number of benzene rings is 1. The Balaban J connectivity index is 2.12. The molecule has 284 valence electrons. The van der Waals surface area contributed by atoms with Crippen LogP contribution in [-0.2, 0) is 28.8 Å². The number of aliphatic hydroxyl groups excluding tert-OH is 1. The Bertz CT molecular complexity index is 1360. The largest absolute Gasteiger partial charge is 0.480 e. The van der Waals surface area contributed by atoms with Gasteiger partial charge in [0.05, 0.1) is 12.1 Å². The summed E-state index contributed by atoms with van der Waals surface area (Å²) in [5.41, 5.74) is 22.8. The van der Waals surface area contributed by atoms with Crippen LogP contribution in [0.15, 0.2) is 35.3 Å². The summed E-state index contributed by atoms with van der Waals surface area (Å²) in [7, 11) is 0. The molecule has 1 fully saturated rings. The van der Waals surface area contributed by atoms with Gasteiger partial charge in [-0.25, -0.2) is 4.79 Å². The number of carboxylic acids is 1. The van der Waals surface area contributed by atoms with Crippen LogP contribution in [0.5, 0.6) is 0 Å². The molecule has 0 radical (unpaired) electrons. The molecular weight excluding hydrogens is 664 g/mol. The second-order valence-electron chi connectivity index (χ2n) is 12.8. The number of aliphatic hydroxyl groups is 1. The van der Waals surface area contributed by atoms with Crippen molar-refractivity contribution in [3.05, 3.63) is 35.9 Å². The summed E-state index contributed by atoms with van der Waals surface area (Å²) in [6.07, 6.45) is 0.474. The molecular formula is C33H54N10O8. The average Bonchev–Trinajstić information content (AvgIpc) is 3.85. The Hall–Kier alpha value is -4.81. The number of guanidine groups is 1. The Labute approximate surface area is 297 Å². The maximum absolute atomic E-state index is 13.5. The number of amides is 5. The Kier molecular flexibility index (Phi) is 17.8. The number of nitrogens with two attached hydrogens (primary N) is 4. The van der Waals surface area contributed by atoms with Crippen molar-refractivity contribution in [1.82, 2.24) is 26.6 Å². The van der Waals surface area contributed by atoms with Gasteiger partial charge in [0, 0.05) is 24.9 Å². The van der Waals surface area contributed by atoms with E-state index in [9.17, 15) is 39.0 Å². The first-order valence-corrected chi connectivity index (χ1v) is 17.1. The third-order valence-corrected chi connectivity index (χ3v) is 8.33. The molecule has 0 heterocycles. The maximum atomic E-state index is 13.5. The number of hydrogen-bond donors (Lipinski definition) is 11. The van der Waals surface area contributed by atoms with E-state index in [2.05, 4.69) is 43.7 Å². The van der Waals surface area contributed by atoms with E-state index in [1.165, 1.54) is 19.4 Å². The number of carbonyl (C=O) groups excluding carboxylic acids is 5. The zero-order chi connectivity index (χ0) is 38.1. The van der Waals surface area contributed by atoms with Gasteiger partial charge in [-0.3, -0.25) is 29.0 Å². The fourth-order valence-corrected chi connectivity index (χ4v) is 5.33. The van der Waals surface area contributed by atoms with Crippen LogP contribution in [0.2, 0.25) is 0 Å². The number of unbranched alkanes of at least 4 members (excludes halogenated alkanes) is 1. The van der Waals surface area contributed by atoms with Gasteiger partial charge in [-0.15, -0.1) is 0 Å². The monoisotopic (exact) mass is 718 g/mol. The number of nitrogens with one attached hydrogen (secondary N) is 5. The Morgan fingerprint density at radius 3 is 1.96 bits per heavy atom. The lowest BCUT2D eigenvalue weighted by Crippen LogP contribution is -2.60. The van der Waals surface area contributed by atoms with Crippen molar-refractivity contribution in [2.75, 3.05) is 13.1 Å². The lowest BCUT2D eigenvalue weighted by molar-refractivity contribution is -0.142. The second-order valence-corrected chi connectivity index (χ2v) is 12.8. The van der Waals surface area contributed by atoms with E-state index in [4.69, 9.17) is 22.9 Å². The van der Waals surface area contributed by atoms with Crippen LogP contribution in [-0.4, -0.2) is 107 Å². The summed E-state index contributed by atoms with van der Waals surface area (Å²) < 4.78 is 0. The predicted octanol–water partition coefficient (Wildman–Crippen LogP) is -2.63. The highest BCUT2D eigenvalue weighted by Gasteiger charge is 2.37. The zero-order valence-electron chi connectivity index (χ0n) is 29.2. The Morgan fingerprint density at radius 1 is 0.804 bits per heavy atom. The van der Waals surface area contributed by atoms with Gasteiger partial charge in [-0.05, 0) is 70.9 Å². The maximum Gasteiger partial charge on any atom is 0.326 e. The van der Waals surface area contributed by atoms with E-state index in [0.29, 0.717) is 31.3 Å². The normalized spacial score (nSPS) is 18.4. The molecule has 0 bridgehead atoms. The minimum Gasteiger partial charge on any atom is -0.480 e. The van der Waals surface area contributed by atoms with Gasteiger partial charge in [0.15, 0.2) is 5.96 Å². The zero-order valence-corrected chi connectivity index (χ0v) is 29.2. The van der Waals surface area contributed by atoms with Crippen molar-refractivity contribution in [2.24, 2.45) is 27.9 Å². The smallest absolute Gasteiger partial charge is 0.326 e. The molecule has 0 aromatic heterocycles. The first-order chi connectivity index (χ1) is 24.1. The summed E-state index contributed by atoms with van der Waals surface area (Å²) in [6.45, 7) is 3.46. The highest BCUT2D eigenvalue weighted by atomic mass is 16.4. The molecule has 0 spiro atoms. The second kappa shape index (κ2) is 21.4. The highest BCUT2D eigenvalue weighted by molar-refractivity contribution is 5.95. The van der Waals surface area contributed by atoms with Gasteiger partial charge >= 0.3 is 5.97 Å². The number of nitrogens with zero attached hydrogens (tertiary/aromatic N) is 1. The first-order valence-electron chi connectivity index (χ1n) is 17.1. The van der Waals surface area contributed by atoms with Crippen molar-refractivity contribution in [3.63, 3.8) is 0 Å². The molecule has 1 aromatic carbocycles. The van der Waals surface area contributed by atoms with E-state index < -0.39 is 71.8 Å². The van der Waals surface area contributed by atoms with Gasteiger partial charge in [0.1, 0.15) is 24.2 Å². The molecule has 18 heteroatoms. The number of primary amides is 1. The molecule has 51 heavy (non-hydrogen) atoms. The van der Waals surface area contributed by atoms with Crippen LogP contribution in [0.25, 0.3) is 0 Å². The summed E-state index contributed by atoms with van der Waals surface area (Å²) in [6, 6.07) is 4.03. The average molecular weight is 719 g/mol. The minimum atomic E-state index is -1.57. The molecule has 2 rings (SSSR count). The van der Waals surface area contributed by atoms with Crippen LogP contribution in [0.1, 0.15) is 76.7 Å². The van der Waals surface area contributed by atoms with Gasteiger partial charge in [-0.1, -0.05) is 30.3 Å². The first kappa shape index (κ1) is 42.4. The van der Waals surface area contributed by atoms with E-state index >= 15 is 0 Å². The van der Waals surface area contributed by atoms with Crippen LogP contribution in [0.4, 0.5) is 0 Å². The number of carboxylic acid groups (broad SMARTS) is 1. The fraction of sp³-hybridized carbons (Fsp3) is 0.606. The van der Waals surface area contributed by atoms with Gasteiger partial charge in [-0.2, -0.15) is 0 Å². The summed E-state index contributed by atoms with van der Waals surface area (Å²) >= 11 is 0. The highest BCUT2D eigenvalue weighted by Crippen LogP contribution is 2.40. The number of rotatable bonds is 24. The molecule has 0 saturated heterocycles. The van der Waals surface area contributed by atoms with Crippen LogP contribution < -0.4 is 49.5 Å². The molecule has 0 unspecified atom stereocenters. The number of hydrogen-bond acceptors (Lipinski definition) is 10. The van der Waals surface area contributed by atoms with Gasteiger partial charge in [0.2, 0.25) is 29.5 Å². The van der Waals surface area contributed by atoms with E-state index in [0.717, 1.165) is 6.42 Å². The molecule has 0 aliphatic heterocycles. The summed E-state index contributed by atoms with van der Waals surface area (Å²) in [5, 5.41) is 33.4. The fourth-order valence-electron chi connectivity index (χ4n) is 5.33. The van der Waals surface area contributed by atoms with E-state index in [-0.39, 0.29) is 44.6 Å².